The molecule has 1 heterocycles. The van der Waals surface area contributed by atoms with E-state index in [2.05, 4.69) is 37.3 Å². The van der Waals surface area contributed by atoms with Gasteiger partial charge in [-0.2, -0.15) is 0 Å². The fourth-order valence-corrected chi connectivity index (χ4v) is 2.05. The number of benzene rings is 1. The first-order valence-electron chi connectivity index (χ1n) is 6.39. The highest BCUT2D eigenvalue weighted by Gasteiger charge is 2.13. The maximum Gasteiger partial charge on any atom is 0.109 e. The Kier molecular flexibility index (Phi) is 4.21. The fourth-order valence-electron chi connectivity index (χ4n) is 2.05. The summed E-state index contributed by atoms with van der Waals surface area (Å²) in [5, 5.41) is 0. The van der Waals surface area contributed by atoms with Crippen LogP contribution < -0.4 is 5.73 Å². The average molecular weight is 231 g/mol. The molecule has 0 aliphatic carbocycles. The summed E-state index contributed by atoms with van der Waals surface area (Å²) < 4.78 is 5.58. The van der Waals surface area contributed by atoms with Crippen molar-refractivity contribution in [3.63, 3.8) is 0 Å². The molecule has 1 atom stereocenters. The smallest absolute Gasteiger partial charge is 0.109 e. The predicted octanol–water partition coefficient (Wildman–Crippen LogP) is 2.95. The number of ether oxygens (including phenoxy) is 1. The quantitative estimate of drug-likeness (QED) is 0.864. The summed E-state index contributed by atoms with van der Waals surface area (Å²) >= 11 is 0. The lowest BCUT2D eigenvalue weighted by Crippen LogP contribution is -2.26. The molecule has 0 fully saturated rings. The molecule has 1 unspecified atom stereocenters. The van der Waals surface area contributed by atoms with Crippen LogP contribution in [0.15, 0.2) is 36.1 Å². The number of hydrogen-bond acceptors (Lipinski definition) is 2. The number of nitrogens with two attached hydrogens (primary N) is 1. The van der Waals surface area contributed by atoms with Gasteiger partial charge in [-0.1, -0.05) is 29.8 Å². The predicted molar refractivity (Wildman–Crippen MR) is 70.7 cm³/mol. The van der Waals surface area contributed by atoms with Crippen LogP contribution in [0.25, 0.3) is 0 Å². The molecule has 1 aromatic rings. The third-order valence-electron chi connectivity index (χ3n) is 3.19. The van der Waals surface area contributed by atoms with E-state index in [-0.39, 0.29) is 6.04 Å². The zero-order valence-corrected chi connectivity index (χ0v) is 10.5. The van der Waals surface area contributed by atoms with Crippen LogP contribution in [0.1, 0.15) is 30.4 Å². The number of aryl methyl sites for hydroxylation is 2. The maximum atomic E-state index is 6.13. The molecule has 2 nitrogen and oxygen atoms in total. The third kappa shape index (κ3) is 3.60. The summed E-state index contributed by atoms with van der Waals surface area (Å²) in [6.45, 7) is 2.93. The van der Waals surface area contributed by atoms with Gasteiger partial charge in [0.15, 0.2) is 0 Å². The molecule has 0 radical (unpaired) electrons. The van der Waals surface area contributed by atoms with Crippen molar-refractivity contribution < 1.29 is 4.74 Å². The fraction of sp³-hybridized carbons (Fsp3) is 0.467. The van der Waals surface area contributed by atoms with E-state index in [1.54, 1.807) is 0 Å². The molecular weight excluding hydrogens is 210 g/mol. The summed E-state index contributed by atoms with van der Waals surface area (Å²) in [7, 11) is 0. The van der Waals surface area contributed by atoms with Gasteiger partial charge < -0.3 is 10.5 Å². The molecule has 1 aromatic carbocycles. The molecule has 1 aliphatic heterocycles. The minimum Gasteiger partial charge on any atom is -0.497 e. The molecule has 1 aliphatic rings. The van der Waals surface area contributed by atoms with Crippen molar-refractivity contribution >= 4 is 0 Å². The van der Waals surface area contributed by atoms with E-state index in [1.807, 2.05) is 0 Å². The lowest BCUT2D eigenvalue weighted by atomic mass is 10.0. The van der Waals surface area contributed by atoms with Crippen LogP contribution >= 0.6 is 0 Å². The van der Waals surface area contributed by atoms with E-state index in [1.165, 1.54) is 11.1 Å². The Morgan fingerprint density at radius 2 is 2.06 bits per heavy atom. The Morgan fingerprint density at radius 1 is 1.29 bits per heavy atom. The number of allylic oxidation sites excluding steroid dienone is 1. The van der Waals surface area contributed by atoms with Crippen molar-refractivity contribution in [1.29, 1.82) is 0 Å². The van der Waals surface area contributed by atoms with E-state index in [0.717, 1.165) is 38.0 Å². The maximum absolute atomic E-state index is 6.13. The highest BCUT2D eigenvalue weighted by atomic mass is 16.5. The molecular formula is C15H21NO. The minimum atomic E-state index is 0.0524. The second-order valence-corrected chi connectivity index (χ2v) is 4.73. The van der Waals surface area contributed by atoms with Crippen LogP contribution in [0, 0.1) is 6.92 Å². The van der Waals surface area contributed by atoms with E-state index >= 15 is 0 Å². The van der Waals surface area contributed by atoms with Crippen LogP contribution in [-0.2, 0) is 11.2 Å². The van der Waals surface area contributed by atoms with Crippen LogP contribution in [0.3, 0.4) is 0 Å². The molecule has 0 spiro atoms. The molecule has 0 saturated heterocycles. The van der Waals surface area contributed by atoms with Gasteiger partial charge in [0.1, 0.15) is 5.76 Å². The largest absolute Gasteiger partial charge is 0.497 e. The van der Waals surface area contributed by atoms with Crippen LogP contribution in [0.4, 0.5) is 0 Å². The highest BCUT2D eigenvalue weighted by molar-refractivity contribution is 5.21. The molecule has 0 bridgehead atoms. The Balaban J connectivity index is 1.85. The normalized spacial score (nSPS) is 17.2. The van der Waals surface area contributed by atoms with Gasteiger partial charge in [0, 0.05) is 0 Å². The highest BCUT2D eigenvalue weighted by Crippen LogP contribution is 2.16. The second kappa shape index (κ2) is 5.87. The summed E-state index contributed by atoms with van der Waals surface area (Å²) in [5.41, 5.74) is 8.78. The van der Waals surface area contributed by atoms with Crippen molar-refractivity contribution in [3.05, 3.63) is 47.2 Å². The average Bonchev–Trinajstić information content (AvgIpc) is 2.39. The van der Waals surface area contributed by atoms with E-state index < -0.39 is 0 Å². The van der Waals surface area contributed by atoms with Crippen molar-refractivity contribution in [1.82, 2.24) is 0 Å². The van der Waals surface area contributed by atoms with Gasteiger partial charge in [-0.15, -0.1) is 0 Å². The van der Waals surface area contributed by atoms with Gasteiger partial charge in [0.05, 0.1) is 12.6 Å². The lowest BCUT2D eigenvalue weighted by Gasteiger charge is -2.20. The molecule has 0 saturated carbocycles. The van der Waals surface area contributed by atoms with Crippen molar-refractivity contribution in [3.8, 4) is 0 Å². The van der Waals surface area contributed by atoms with Crippen LogP contribution in [0.5, 0.6) is 0 Å². The van der Waals surface area contributed by atoms with Gasteiger partial charge in [-0.3, -0.25) is 0 Å². The summed E-state index contributed by atoms with van der Waals surface area (Å²) in [5.74, 6) is 0.989. The first kappa shape index (κ1) is 12.2. The monoisotopic (exact) mass is 231 g/mol. The molecule has 92 valence electrons. The Bertz CT molecular complexity index is 380. The Hall–Kier alpha value is -1.28. The van der Waals surface area contributed by atoms with Crippen molar-refractivity contribution in [2.75, 3.05) is 6.61 Å². The topological polar surface area (TPSA) is 35.2 Å². The minimum absolute atomic E-state index is 0.0524. The van der Waals surface area contributed by atoms with Crippen LogP contribution in [-0.4, -0.2) is 12.6 Å². The number of rotatable bonds is 4. The molecule has 2 rings (SSSR count). The zero-order chi connectivity index (χ0) is 12.1. The second-order valence-electron chi connectivity index (χ2n) is 4.73. The van der Waals surface area contributed by atoms with E-state index in [0.29, 0.717) is 0 Å². The summed E-state index contributed by atoms with van der Waals surface area (Å²) in [6, 6.07) is 8.71. The van der Waals surface area contributed by atoms with Gasteiger partial charge in [-0.05, 0) is 44.2 Å². The molecule has 0 aromatic heterocycles. The van der Waals surface area contributed by atoms with Gasteiger partial charge in [-0.25, -0.2) is 0 Å². The van der Waals surface area contributed by atoms with Crippen molar-refractivity contribution in [2.24, 2.45) is 5.73 Å². The van der Waals surface area contributed by atoms with E-state index in [4.69, 9.17) is 10.5 Å². The molecule has 0 amide bonds. The van der Waals surface area contributed by atoms with Gasteiger partial charge in [0.25, 0.3) is 0 Å². The zero-order valence-electron chi connectivity index (χ0n) is 10.5. The third-order valence-corrected chi connectivity index (χ3v) is 3.19. The molecule has 2 N–H and O–H groups in total. The van der Waals surface area contributed by atoms with Crippen molar-refractivity contribution in [2.45, 2.75) is 38.6 Å². The first-order valence-corrected chi connectivity index (χ1v) is 6.39. The Labute approximate surface area is 103 Å². The first-order chi connectivity index (χ1) is 8.25. The van der Waals surface area contributed by atoms with Gasteiger partial charge >= 0.3 is 0 Å². The summed E-state index contributed by atoms with van der Waals surface area (Å²) in [4.78, 5) is 0. The SMILES string of the molecule is Cc1ccc(CCC(N)C2=CCCCO2)cc1. The van der Waals surface area contributed by atoms with E-state index in [9.17, 15) is 0 Å². The number of hydrogen-bond donors (Lipinski definition) is 1. The lowest BCUT2D eigenvalue weighted by molar-refractivity contribution is 0.173. The summed E-state index contributed by atoms with van der Waals surface area (Å²) in [6.07, 6.45) is 6.34. The molecule has 2 heteroatoms. The van der Waals surface area contributed by atoms with Crippen LogP contribution in [0.2, 0.25) is 0 Å². The van der Waals surface area contributed by atoms with Gasteiger partial charge in [0.2, 0.25) is 0 Å². The molecule has 17 heavy (non-hydrogen) atoms. The Morgan fingerprint density at radius 3 is 2.71 bits per heavy atom. The standard InChI is InChI=1S/C15H21NO/c1-12-5-7-13(8-6-12)9-10-14(16)15-4-2-3-11-17-15/h4-8,14H,2-3,9-11,16H2,1H3.